The molecule has 4 rings (SSSR count). The maximum atomic E-state index is 14.6. The van der Waals surface area contributed by atoms with Crippen molar-refractivity contribution in [3.8, 4) is 0 Å². The van der Waals surface area contributed by atoms with E-state index in [0.717, 1.165) is 34.6 Å². The summed E-state index contributed by atoms with van der Waals surface area (Å²) in [5.41, 5.74) is 1.47. The van der Waals surface area contributed by atoms with Crippen molar-refractivity contribution in [3.05, 3.63) is 100 Å². The van der Waals surface area contributed by atoms with E-state index < -0.39 is 29.4 Å². The number of ether oxygens (including phenoxy) is 1. The minimum absolute atomic E-state index is 0.00989. The fraction of sp³-hybridized carbons (Fsp3) is 0.125. The van der Waals surface area contributed by atoms with Crippen LogP contribution in [-0.4, -0.2) is 23.6 Å². The summed E-state index contributed by atoms with van der Waals surface area (Å²) < 4.78 is 34.5. The molecule has 0 atom stereocenters. The monoisotopic (exact) mass is 452 g/mol. The van der Waals surface area contributed by atoms with E-state index in [2.05, 4.69) is 4.99 Å². The topological polar surface area (TPSA) is 60.7 Å². The first-order chi connectivity index (χ1) is 15.5. The molecule has 1 aromatic heterocycles. The van der Waals surface area contributed by atoms with E-state index in [1.54, 1.807) is 0 Å². The number of aromatic nitrogens is 1. The fourth-order valence-corrected chi connectivity index (χ4v) is 4.56. The highest BCUT2D eigenvalue weighted by Crippen LogP contribution is 2.27. The van der Waals surface area contributed by atoms with Crippen LogP contribution in [0.25, 0.3) is 10.2 Å². The zero-order valence-corrected chi connectivity index (χ0v) is 17.8. The van der Waals surface area contributed by atoms with Gasteiger partial charge >= 0.3 is 5.97 Å². The molecule has 1 amide bonds. The van der Waals surface area contributed by atoms with Crippen molar-refractivity contribution in [2.75, 3.05) is 7.11 Å². The Morgan fingerprint density at radius 2 is 1.59 bits per heavy atom. The number of hydrogen-bond acceptors (Lipinski definition) is 4. The number of esters is 1. The molecule has 8 heteroatoms. The first-order valence-electron chi connectivity index (χ1n) is 9.71. The van der Waals surface area contributed by atoms with Crippen molar-refractivity contribution in [3.63, 3.8) is 0 Å². The molecule has 0 aliphatic carbocycles. The Morgan fingerprint density at radius 3 is 2.16 bits per heavy atom. The summed E-state index contributed by atoms with van der Waals surface area (Å²) >= 11 is 0.929. The molecule has 1 heterocycles. The van der Waals surface area contributed by atoms with E-state index in [1.165, 1.54) is 11.7 Å². The average molecular weight is 452 g/mol. The normalized spacial score (nSPS) is 11.8. The molecule has 0 radical (unpaired) electrons. The number of benzene rings is 3. The standard InChI is InChI=1S/C24H18F2N2O3S/c1-31-20(29)14-28-22-18(26)12-17(25)13-19(22)32-24(28)27-23(30)21(15-8-4-2-5-9-15)16-10-6-3-7-11-16/h2-13,21H,14H2,1H3. The Kier molecular flexibility index (Phi) is 6.23. The highest BCUT2D eigenvalue weighted by molar-refractivity contribution is 7.16. The molecule has 0 spiro atoms. The number of carbonyl (C=O) groups is 2. The lowest BCUT2D eigenvalue weighted by molar-refractivity contribution is -0.141. The van der Waals surface area contributed by atoms with Crippen LogP contribution in [0.4, 0.5) is 8.78 Å². The molecule has 162 valence electrons. The largest absolute Gasteiger partial charge is 0.468 e. The number of carbonyl (C=O) groups excluding carboxylic acids is 2. The van der Waals surface area contributed by atoms with Crippen molar-refractivity contribution in [2.24, 2.45) is 4.99 Å². The van der Waals surface area contributed by atoms with Crippen molar-refractivity contribution in [1.82, 2.24) is 4.57 Å². The first-order valence-corrected chi connectivity index (χ1v) is 10.5. The molecule has 32 heavy (non-hydrogen) atoms. The van der Waals surface area contributed by atoms with E-state index in [0.29, 0.717) is 0 Å². The van der Waals surface area contributed by atoms with E-state index in [1.807, 2.05) is 60.7 Å². The summed E-state index contributed by atoms with van der Waals surface area (Å²) in [6.45, 7) is -0.369. The number of methoxy groups -OCH3 is 1. The molecular formula is C24H18F2N2O3S. The predicted molar refractivity (Wildman–Crippen MR) is 117 cm³/mol. The maximum Gasteiger partial charge on any atom is 0.325 e. The Labute approximate surface area is 186 Å². The molecule has 3 aromatic carbocycles. The fourth-order valence-electron chi connectivity index (χ4n) is 3.48. The van der Waals surface area contributed by atoms with Gasteiger partial charge in [-0.15, -0.1) is 0 Å². The number of rotatable bonds is 5. The number of amides is 1. The lowest BCUT2D eigenvalue weighted by atomic mass is 9.91. The molecule has 0 saturated carbocycles. The lowest BCUT2D eigenvalue weighted by Crippen LogP contribution is -2.24. The van der Waals surface area contributed by atoms with Crippen molar-refractivity contribution < 1.29 is 23.1 Å². The van der Waals surface area contributed by atoms with Crippen LogP contribution in [0.5, 0.6) is 0 Å². The van der Waals surface area contributed by atoms with E-state index in [-0.39, 0.29) is 21.6 Å². The van der Waals surface area contributed by atoms with Gasteiger partial charge in [0.2, 0.25) is 0 Å². The molecule has 0 N–H and O–H groups in total. The van der Waals surface area contributed by atoms with Gasteiger partial charge in [-0.1, -0.05) is 72.0 Å². The zero-order valence-electron chi connectivity index (χ0n) is 17.0. The number of nitrogens with zero attached hydrogens (tertiary/aromatic N) is 2. The highest BCUT2D eigenvalue weighted by atomic mass is 32.1. The number of thiazole rings is 1. The molecular weight excluding hydrogens is 434 g/mol. The Morgan fingerprint density at radius 1 is 1.00 bits per heavy atom. The van der Waals surface area contributed by atoms with E-state index >= 15 is 0 Å². The molecule has 0 aliphatic rings. The minimum Gasteiger partial charge on any atom is -0.468 e. The predicted octanol–water partition coefficient (Wildman–Crippen LogP) is 4.41. The second-order valence-corrected chi connectivity index (χ2v) is 7.99. The van der Waals surface area contributed by atoms with Crippen LogP contribution in [-0.2, 0) is 20.9 Å². The summed E-state index contributed by atoms with van der Waals surface area (Å²) in [5.74, 6) is -3.45. The average Bonchev–Trinajstić information content (AvgIpc) is 3.11. The van der Waals surface area contributed by atoms with Gasteiger partial charge < -0.3 is 9.30 Å². The Bertz CT molecular complexity index is 1310. The van der Waals surface area contributed by atoms with E-state index in [9.17, 15) is 18.4 Å². The van der Waals surface area contributed by atoms with Gasteiger partial charge in [-0.2, -0.15) is 4.99 Å². The zero-order chi connectivity index (χ0) is 22.7. The molecule has 0 unspecified atom stereocenters. The lowest BCUT2D eigenvalue weighted by Gasteiger charge is -2.14. The number of fused-ring (bicyclic) bond motifs is 1. The summed E-state index contributed by atoms with van der Waals surface area (Å²) in [5, 5.41) is 0. The van der Waals surface area contributed by atoms with E-state index in [4.69, 9.17) is 4.74 Å². The third-order valence-electron chi connectivity index (χ3n) is 4.93. The molecule has 0 aliphatic heterocycles. The van der Waals surface area contributed by atoms with Gasteiger partial charge in [-0.3, -0.25) is 9.59 Å². The molecule has 0 fully saturated rings. The van der Waals surface area contributed by atoms with Crippen LogP contribution >= 0.6 is 11.3 Å². The molecule has 4 aromatic rings. The first kappa shape index (κ1) is 21.6. The molecule has 0 bridgehead atoms. The SMILES string of the molecule is COC(=O)Cn1c(=NC(=O)C(c2ccccc2)c2ccccc2)sc2cc(F)cc(F)c21. The highest BCUT2D eigenvalue weighted by Gasteiger charge is 2.23. The summed E-state index contributed by atoms with van der Waals surface area (Å²) in [4.78, 5) is 29.7. The van der Waals surface area contributed by atoms with Crippen LogP contribution in [0, 0.1) is 11.6 Å². The van der Waals surface area contributed by atoms with Gasteiger partial charge in [0.05, 0.1) is 23.2 Å². The Hall–Kier alpha value is -3.65. The summed E-state index contributed by atoms with van der Waals surface area (Å²) in [6, 6.07) is 20.2. The molecule has 0 saturated heterocycles. The number of halogens is 2. The van der Waals surface area contributed by atoms with Crippen LogP contribution in [0.15, 0.2) is 77.8 Å². The third-order valence-corrected chi connectivity index (χ3v) is 5.95. The van der Waals surface area contributed by atoms with Gasteiger partial charge in [-0.25, -0.2) is 8.78 Å². The van der Waals surface area contributed by atoms with Gasteiger partial charge in [0.1, 0.15) is 12.4 Å². The van der Waals surface area contributed by atoms with Crippen LogP contribution < -0.4 is 4.80 Å². The summed E-state index contributed by atoms with van der Waals surface area (Å²) in [7, 11) is 1.20. The van der Waals surface area contributed by atoms with Crippen molar-refractivity contribution in [2.45, 2.75) is 12.5 Å². The summed E-state index contributed by atoms with van der Waals surface area (Å²) in [6.07, 6.45) is 0. The van der Waals surface area contributed by atoms with Gasteiger partial charge in [-0.05, 0) is 17.2 Å². The quantitative estimate of drug-likeness (QED) is 0.422. The minimum atomic E-state index is -0.850. The van der Waals surface area contributed by atoms with Crippen LogP contribution in [0.2, 0.25) is 0 Å². The molecule has 5 nitrogen and oxygen atoms in total. The number of hydrogen-bond donors (Lipinski definition) is 0. The van der Waals surface area contributed by atoms with Gasteiger partial charge in [0.25, 0.3) is 5.91 Å². The van der Waals surface area contributed by atoms with Gasteiger partial charge in [0.15, 0.2) is 10.6 Å². The van der Waals surface area contributed by atoms with Crippen molar-refractivity contribution in [1.29, 1.82) is 0 Å². The second-order valence-electron chi connectivity index (χ2n) is 6.99. The van der Waals surface area contributed by atoms with Crippen LogP contribution in [0.1, 0.15) is 17.0 Å². The maximum absolute atomic E-state index is 14.6. The smallest absolute Gasteiger partial charge is 0.325 e. The van der Waals surface area contributed by atoms with Crippen LogP contribution in [0.3, 0.4) is 0 Å². The third kappa shape index (κ3) is 4.36. The Balaban J connectivity index is 1.90. The van der Waals surface area contributed by atoms with Crippen molar-refractivity contribution >= 4 is 33.4 Å². The second kappa shape index (κ2) is 9.23. The van der Waals surface area contributed by atoms with Gasteiger partial charge in [0, 0.05) is 6.07 Å².